The minimum atomic E-state index is -1.06. The van der Waals surface area contributed by atoms with Gasteiger partial charge in [0.05, 0.1) is 12.6 Å². The summed E-state index contributed by atoms with van der Waals surface area (Å²) in [4.78, 5) is 41.7. The van der Waals surface area contributed by atoms with E-state index in [0.29, 0.717) is 61.2 Å². The summed E-state index contributed by atoms with van der Waals surface area (Å²) < 4.78 is 24.4. The van der Waals surface area contributed by atoms with Crippen molar-refractivity contribution in [3.63, 3.8) is 0 Å². The van der Waals surface area contributed by atoms with E-state index in [2.05, 4.69) is 4.90 Å². The number of pyridine rings is 1. The van der Waals surface area contributed by atoms with E-state index < -0.39 is 11.6 Å². The van der Waals surface area contributed by atoms with Crippen LogP contribution in [0.3, 0.4) is 0 Å². The summed E-state index contributed by atoms with van der Waals surface area (Å²) in [5, 5.41) is 9.90. The van der Waals surface area contributed by atoms with Crippen LogP contribution in [0.2, 0.25) is 0 Å². The average molecular weight is 620 g/mol. The molecule has 2 aliphatic rings. The predicted molar refractivity (Wildman–Crippen MR) is 170 cm³/mol. The minimum Gasteiger partial charge on any atom is -0.497 e. The zero-order chi connectivity index (χ0) is 32.1. The molecule has 11 nitrogen and oxygen atoms in total. The van der Waals surface area contributed by atoms with Gasteiger partial charge in [0.2, 0.25) is 0 Å². The van der Waals surface area contributed by atoms with E-state index in [1.165, 1.54) is 19.3 Å². The Morgan fingerprint density at radius 3 is 2.44 bits per heavy atom. The molecule has 0 saturated carbocycles. The second-order valence-electron chi connectivity index (χ2n) is 12.3. The molecule has 2 aromatic carbocycles. The maximum atomic E-state index is 13.4. The summed E-state index contributed by atoms with van der Waals surface area (Å²) in [6.45, 7) is 9.59. The first-order chi connectivity index (χ1) is 21.5. The van der Waals surface area contributed by atoms with Gasteiger partial charge in [-0.1, -0.05) is 6.07 Å². The molecule has 3 aromatic rings. The van der Waals surface area contributed by atoms with Gasteiger partial charge in [-0.2, -0.15) is 0 Å². The van der Waals surface area contributed by atoms with Crippen molar-refractivity contribution in [2.24, 2.45) is 0 Å². The normalized spacial score (nSPS) is 15.7. The third kappa shape index (κ3) is 7.96. The van der Waals surface area contributed by atoms with Gasteiger partial charge >= 0.3 is 12.1 Å². The number of hydrogen-bond donors (Lipinski definition) is 1. The zero-order valence-corrected chi connectivity index (χ0v) is 26.3. The highest BCUT2D eigenvalue weighted by Gasteiger charge is 2.31. The number of rotatable bonds is 9. The van der Waals surface area contributed by atoms with Gasteiger partial charge in [0.1, 0.15) is 24.6 Å². The number of aromatic nitrogens is 1. The Kier molecular flexibility index (Phi) is 9.67. The summed E-state index contributed by atoms with van der Waals surface area (Å²) in [6.07, 6.45) is 3.74. The maximum Gasteiger partial charge on any atom is 0.410 e. The number of hydrogen-bond acceptors (Lipinski definition) is 8. The van der Waals surface area contributed by atoms with Crippen LogP contribution in [-0.4, -0.2) is 83.1 Å². The number of carbonyl (C=O) groups excluding carboxylic acids is 1. The smallest absolute Gasteiger partial charge is 0.410 e. The molecule has 45 heavy (non-hydrogen) atoms. The standard InChI is InChI=1S/C34H41N3O8/c1-34(2,3)45-33(41)37(22-23-5-8-29-30(19-23)44-18-17-43-29)25-11-13-35(14-12-25)15-16-36-28-21-26(42-4)20-24(6-10-32(39)40)27(28)7-9-31(36)38/h5-10,19-21,25H,11-18,22H2,1-4H3,(H,39,40)/b10-6+. The van der Waals surface area contributed by atoms with Crippen LogP contribution >= 0.6 is 0 Å². The van der Waals surface area contributed by atoms with Crippen molar-refractivity contribution in [2.45, 2.75) is 58.3 Å². The first-order valence-electron chi connectivity index (χ1n) is 15.2. The molecule has 0 spiro atoms. The van der Waals surface area contributed by atoms with Crippen molar-refractivity contribution in [1.29, 1.82) is 0 Å². The van der Waals surface area contributed by atoms with E-state index in [1.807, 2.05) is 43.9 Å². The summed E-state index contributed by atoms with van der Waals surface area (Å²) >= 11 is 0. The molecule has 0 aliphatic carbocycles. The SMILES string of the molecule is COc1cc(/C=C/C(=O)O)c2ccc(=O)n(CCN3CCC(N(Cc4ccc5c(c4)OCCO5)C(=O)OC(C)(C)C)CC3)c2c1. The lowest BCUT2D eigenvalue weighted by molar-refractivity contribution is -0.131. The Bertz CT molecular complexity index is 1630. The van der Waals surface area contributed by atoms with E-state index >= 15 is 0 Å². The van der Waals surface area contributed by atoms with E-state index in [-0.39, 0.29) is 17.7 Å². The number of likely N-dealkylation sites (tertiary alicyclic amines) is 1. The molecule has 0 radical (unpaired) electrons. The van der Waals surface area contributed by atoms with E-state index in [1.54, 1.807) is 22.8 Å². The fourth-order valence-corrected chi connectivity index (χ4v) is 5.79. The number of aliphatic carboxylic acids is 1. The number of ether oxygens (including phenoxy) is 4. The molecule has 0 atom stereocenters. The number of fused-ring (bicyclic) bond motifs is 2. The Balaban J connectivity index is 1.29. The number of nitrogens with zero attached hydrogens (tertiary/aromatic N) is 3. The molecule has 1 fully saturated rings. The molecule has 240 valence electrons. The Hall–Kier alpha value is -4.51. The Labute approximate surface area is 262 Å². The second kappa shape index (κ2) is 13.6. The van der Waals surface area contributed by atoms with Crippen LogP contribution < -0.4 is 19.8 Å². The van der Waals surface area contributed by atoms with Gasteiger partial charge < -0.3 is 38.4 Å². The number of amides is 1. The number of carboxylic acid groups (broad SMARTS) is 1. The van der Waals surface area contributed by atoms with Crippen molar-refractivity contribution in [3.8, 4) is 17.2 Å². The zero-order valence-electron chi connectivity index (χ0n) is 26.3. The van der Waals surface area contributed by atoms with Gasteiger partial charge in [0.25, 0.3) is 5.56 Å². The predicted octanol–water partition coefficient (Wildman–Crippen LogP) is 4.78. The maximum absolute atomic E-state index is 13.4. The highest BCUT2D eigenvalue weighted by atomic mass is 16.6. The topological polar surface area (TPSA) is 120 Å². The summed E-state index contributed by atoms with van der Waals surface area (Å²) in [7, 11) is 1.54. The molecule has 11 heteroatoms. The first kappa shape index (κ1) is 31.9. The van der Waals surface area contributed by atoms with Gasteiger partial charge in [-0.15, -0.1) is 0 Å². The van der Waals surface area contributed by atoms with Crippen LogP contribution in [-0.2, 0) is 22.6 Å². The lowest BCUT2D eigenvalue weighted by atomic mass is 10.0. The van der Waals surface area contributed by atoms with Crippen LogP contribution in [0.15, 0.2) is 53.3 Å². The van der Waals surface area contributed by atoms with Crippen molar-refractivity contribution in [2.75, 3.05) is 40.0 Å². The van der Waals surface area contributed by atoms with Crippen molar-refractivity contribution >= 4 is 29.0 Å². The molecule has 1 aromatic heterocycles. The van der Waals surface area contributed by atoms with Crippen LogP contribution in [0.25, 0.3) is 17.0 Å². The third-order valence-corrected chi connectivity index (χ3v) is 7.98. The molecule has 0 unspecified atom stereocenters. The number of methoxy groups -OCH3 is 1. The van der Waals surface area contributed by atoms with Gasteiger partial charge in [0.15, 0.2) is 11.5 Å². The molecule has 1 amide bonds. The Morgan fingerprint density at radius 2 is 1.76 bits per heavy atom. The molecule has 1 N–H and O–H groups in total. The fourth-order valence-electron chi connectivity index (χ4n) is 5.79. The summed E-state index contributed by atoms with van der Waals surface area (Å²) in [6, 6.07) is 12.5. The Morgan fingerprint density at radius 1 is 1.02 bits per heavy atom. The highest BCUT2D eigenvalue weighted by Crippen LogP contribution is 2.32. The number of carboxylic acids is 1. The molecular weight excluding hydrogens is 578 g/mol. The molecule has 2 aliphatic heterocycles. The lowest BCUT2D eigenvalue weighted by Gasteiger charge is -2.39. The van der Waals surface area contributed by atoms with E-state index in [0.717, 1.165) is 43.0 Å². The number of piperidine rings is 1. The van der Waals surface area contributed by atoms with Crippen molar-refractivity contribution < 1.29 is 33.6 Å². The minimum absolute atomic E-state index is 0.0163. The number of carbonyl (C=O) groups is 2. The van der Waals surface area contributed by atoms with Crippen molar-refractivity contribution in [1.82, 2.24) is 14.4 Å². The molecule has 0 bridgehead atoms. The van der Waals surface area contributed by atoms with Crippen LogP contribution in [0, 0.1) is 0 Å². The number of benzene rings is 2. The highest BCUT2D eigenvalue weighted by molar-refractivity contribution is 5.93. The molecule has 5 rings (SSSR count). The first-order valence-corrected chi connectivity index (χ1v) is 15.2. The monoisotopic (exact) mass is 619 g/mol. The van der Waals surface area contributed by atoms with Crippen LogP contribution in [0.4, 0.5) is 4.79 Å². The van der Waals surface area contributed by atoms with E-state index in [4.69, 9.17) is 24.1 Å². The fraction of sp³-hybridized carbons (Fsp3) is 0.441. The van der Waals surface area contributed by atoms with Crippen molar-refractivity contribution in [3.05, 3.63) is 70.0 Å². The van der Waals surface area contributed by atoms with Crippen LogP contribution in [0.1, 0.15) is 44.7 Å². The largest absolute Gasteiger partial charge is 0.497 e. The van der Waals surface area contributed by atoms with E-state index in [9.17, 15) is 14.4 Å². The second-order valence-corrected chi connectivity index (χ2v) is 12.3. The molecule has 1 saturated heterocycles. The average Bonchev–Trinajstić information content (AvgIpc) is 3.01. The van der Waals surface area contributed by atoms with Crippen LogP contribution in [0.5, 0.6) is 17.2 Å². The van der Waals surface area contributed by atoms with Gasteiger partial charge in [-0.05, 0) is 75.1 Å². The quantitative estimate of drug-likeness (QED) is 0.338. The summed E-state index contributed by atoms with van der Waals surface area (Å²) in [5.41, 5.74) is 1.50. The summed E-state index contributed by atoms with van der Waals surface area (Å²) in [5.74, 6) is 0.870. The van der Waals surface area contributed by atoms with Gasteiger partial charge in [-0.25, -0.2) is 9.59 Å². The van der Waals surface area contributed by atoms with Gasteiger partial charge in [-0.3, -0.25) is 4.79 Å². The third-order valence-electron chi connectivity index (χ3n) is 7.98. The molecular formula is C34H41N3O8. The van der Waals surface area contributed by atoms with Gasteiger partial charge in [0, 0.05) is 62.4 Å². The lowest BCUT2D eigenvalue weighted by Crippen LogP contribution is -2.49. The molecule has 3 heterocycles.